The Morgan fingerprint density at radius 3 is 2.36 bits per heavy atom. The molecule has 1 amide bonds. The highest BCUT2D eigenvalue weighted by atomic mass is 16.1. The van der Waals surface area contributed by atoms with Crippen LogP contribution in [0.5, 0.6) is 0 Å². The number of rotatable bonds is 4. The SMILES string of the molecule is Cc1ccccc1-c1cc(C(=O)NC(C)c2ccccc2)c2ccccc2n1. The Balaban J connectivity index is 1.77. The Morgan fingerprint density at radius 1 is 0.893 bits per heavy atom. The number of nitrogens with one attached hydrogen (secondary N) is 1. The highest BCUT2D eigenvalue weighted by molar-refractivity contribution is 6.07. The highest BCUT2D eigenvalue weighted by Crippen LogP contribution is 2.27. The van der Waals surface area contributed by atoms with Crippen LogP contribution in [0.25, 0.3) is 22.2 Å². The maximum Gasteiger partial charge on any atom is 0.252 e. The zero-order chi connectivity index (χ0) is 19.5. The number of benzene rings is 3. The van der Waals surface area contributed by atoms with Gasteiger partial charge in [0.2, 0.25) is 0 Å². The molecule has 0 saturated heterocycles. The van der Waals surface area contributed by atoms with Crippen LogP contribution in [0.1, 0.15) is 34.5 Å². The minimum Gasteiger partial charge on any atom is -0.345 e. The number of pyridine rings is 1. The Kier molecular flexibility index (Phi) is 4.90. The molecule has 1 unspecified atom stereocenters. The van der Waals surface area contributed by atoms with E-state index in [-0.39, 0.29) is 11.9 Å². The molecule has 1 aromatic heterocycles. The van der Waals surface area contributed by atoms with E-state index in [4.69, 9.17) is 4.98 Å². The van der Waals surface area contributed by atoms with E-state index in [1.807, 2.05) is 85.8 Å². The third-order valence-corrected chi connectivity index (χ3v) is 5.03. The van der Waals surface area contributed by atoms with Crippen molar-refractivity contribution in [1.82, 2.24) is 10.3 Å². The molecule has 4 rings (SSSR count). The number of aryl methyl sites for hydroxylation is 1. The first-order valence-electron chi connectivity index (χ1n) is 9.45. The summed E-state index contributed by atoms with van der Waals surface area (Å²) in [6.45, 7) is 4.06. The second-order valence-electron chi connectivity index (χ2n) is 6.99. The number of amides is 1. The lowest BCUT2D eigenvalue weighted by molar-refractivity contribution is 0.0941. The van der Waals surface area contributed by atoms with Crippen molar-refractivity contribution in [2.75, 3.05) is 0 Å². The maximum absolute atomic E-state index is 13.2. The molecule has 0 spiro atoms. The second kappa shape index (κ2) is 7.65. The van der Waals surface area contributed by atoms with Crippen LogP contribution < -0.4 is 5.32 Å². The number of fused-ring (bicyclic) bond motifs is 1. The number of aromatic nitrogens is 1. The molecule has 3 nitrogen and oxygen atoms in total. The highest BCUT2D eigenvalue weighted by Gasteiger charge is 2.17. The molecule has 1 heterocycles. The lowest BCUT2D eigenvalue weighted by atomic mass is 10.00. The smallest absolute Gasteiger partial charge is 0.252 e. The molecule has 4 aromatic rings. The van der Waals surface area contributed by atoms with Crippen molar-refractivity contribution in [1.29, 1.82) is 0 Å². The Labute approximate surface area is 165 Å². The molecule has 138 valence electrons. The largest absolute Gasteiger partial charge is 0.345 e. The molecule has 0 aliphatic heterocycles. The monoisotopic (exact) mass is 366 g/mol. The number of carbonyl (C=O) groups is 1. The summed E-state index contributed by atoms with van der Waals surface area (Å²) < 4.78 is 0. The molecule has 0 aliphatic rings. The summed E-state index contributed by atoms with van der Waals surface area (Å²) in [5.41, 5.74) is 5.53. The molecule has 0 saturated carbocycles. The van der Waals surface area contributed by atoms with Crippen LogP contribution in [0, 0.1) is 6.92 Å². The number of hydrogen-bond donors (Lipinski definition) is 1. The molecule has 0 fully saturated rings. The van der Waals surface area contributed by atoms with Gasteiger partial charge in [-0.3, -0.25) is 4.79 Å². The van der Waals surface area contributed by atoms with Crippen molar-refractivity contribution in [2.45, 2.75) is 19.9 Å². The van der Waals surface area contributed by atoms with Crippen LogP contribution in [0.15, 0.2) is 84.9 Å². The van der Waals surface area contributed by atoms with Gasteiger partial charge in [-0.1, -0.05) is 72.8 Å². The van der Waals surface area contributed by atoms with Crippen LogP contribution in [0.2, 0.25) is 0 Å². The van der Waals surface area contributed by atoms with Gasteiger partial charge in [-0.15, -0.1) is 0 Å². The summed E-state index contributed by atoms with van der Waals surface area (Å²) in [7, 11) is 0. The van der Waals surface area contributed by atoms with Crippen molar-refractivity contribution in [3.63, 3.8) is 0 Å². The zero-order valence-corrected chi connectivity index (χ0v) is 16.0. The Bertz CT molecular complexity index is 1140. The van der Waals surface area contributed by atoms with E-state index in [0.717, 1.165) is 33.3 Å². The lowest BCUT2D eigenvalue weighted by Gasteiger charge is -2.16. The second-order valence-corrected chi connectivity index (χ2v) is 6.99. The summed E-state index contributed by atoms with van der Waals surface area (Å²) in [4.78, 5) is 18.0. The summed E-state index contributed by atoms with van der Waals surface area (Å²) in [5.74, 6) is -0.0928. The van der Waals surface area contributed by atoms with Crippen molar-refractivity contribution in [3.8, 4) is 11.3 Å². The molecule has 1 N–H and O–H groups in total. The van der Waals surface area contributed by atoms with Gasteiger partial charge < -0.3 is 5.32 Å². The molecule has 1 atom stereocenters. The van der Waals surface area contributed by atoms with Crippen LogP contribution in [-0.2, 0) is 0 Å². The molecule has 0 aliphatic carbocycles. The van der Waals surface area contributed by atoms with Gasteiger partial charge in [0.1, 0.15) is 0 Å². The number of carbonyl (C=O) groups excluding carboxylic acids is 1. The molecule has 0 radical (unpaired) electrons. The molecular formula is C25H22N2O. The van der Waals surface area contributed by atoms with Gasteiger partial charge in [-0.25, -0.2) is 4.98 Å². The Hall–Kier alpha value is -3.46. The average molecular weight is 366 g/mol. The van der Waals surface area contributed by atoms with Gasteiger partial charge in [0.15, 0.2) is 0 Å². The first-order chi connectivity index (χ1) is 13.6. The fraction of sp³-hybridized carbons (Fsp3) is 0.120. The van der Waals surface area contributed by atoms with Crippen LogP contribution >= 0.6 is 0 Å². The van der Waals surface area contributed by atoms with Gasteiger partial charge in [-0.05, 0) is 37.1 Å². The molecule has 0 bridgehead atoms. The normalized spacial score (nSPS) is 11.9. The van der Waals surface area contributed by atoms with Crippen molar-refractivity contribution in [3.05, 3.63) is 102 Å². The molecule has 3 aromatic carbocycles. The Morgan fingerprint density at radius 2 is 1.57 bits per heavy atom. The van der Waals surface area contributed by atoms with E-state index in [1.54, 1.807) is 0 Å². The predicted octanol–water partition coefficient (Wildman–Crippen LogP) is 5.70. The van der Waals surface area contributed by atoms with Crippen LogP contribution in [0.4, 0.5) is 0 Å². The first kappa shape index (κ1) is 17.9. The van der Waals surface area contributed by atoms with E-state index in [1.165, 1.54) is 0 Å². The lowest BCUT2D eigenvalue weighted by Crippen LogP contribution is -2.27. The zero-order valence-electron chi connectivity index (χ0n) is 16.0. The quantitative estimate of drug-likeness (QED) is 0.503. The fourth-order valence-corrected chi connectivity index (χ4v) is 3.46. The number of nitrogens with zero attached hydrogens (tertiary/aromatic N) is 1. The predicted molar refractivity (Wildman–Crippen MR) is 114 cm³/mol. The topological polar surface area (TPSA) is 42.0 Å². The molecule has 28 heavy (non-hydrogen) atoms. The van der Waals surface area contributed by atoms with Gasteiger partial charge in [0, 0.05) is 10.9 Å². The average Bonchev–Trinajstić information content (AvgIpc) is 2.74. The third-order valence-electron chi connectivity index (χ3n) is 5.03. The summed E-state index contributed by atoms with van der Waals surface area (Å²) in [6, 6.07) is 27.7. The fourth-order valence-electron chi connectivity index (χ4n) is 3.46. The van der Waals surface area contributed by atoms with Gasteiger partial charge in [0.25, 0.3) is 5.91 Å². The van der Waals surface area contributed by atoms with Crippen LogP contribution in [0.3, 0.4) is 0 Å². The van der Waals surface area contributed by atoms with Crippen molar-refractivity contribution >= 4 is 16.8 Å². The number of para-hydroxylation sites is 1. The van der Waals surface area contributed by atoms with Crippen LogP contribution in [-0.4, -0.2) is 10.9 Å². The minimum atomic E-state index is -0.0928. The van der Waals surface area contributed by atoms with Gasteiger partial charge in [0.05, 0.1) is 22.8 Å². The summed E-state index contributed by atoms with van der Waals surface area (Å²) in [5, 5.41) is 3.99. The number of hydrogen-bond acceptors (Lipinski definition) is 2. The van der Waals surface area contributed by atoms with E-state index in [9.17, 15) is 4.79 Å². The third kappa shape index (κ3) is 3.52. The van der Waals surface area contributed by atoms with E-state index in [0.29, 0.717) is 5.56 Å². The molecular weight excluding hydrogens is 344 g/mol. The van der Waals surface area contributed by atoms with E-state index < -0.39 is 0 Å². The van der Waals surface area contributed by atoms with Crippen molar-refractivity contribution < 1.29 is 4.79 Å². The minimum absolute atomic E-state index is 0.0810. The van der Waals surface area contributed by atoms with E-state index in [2.05, 4.69) is 18.3 Å². The summed E-state index contributed by atoms with van der Waals surface area (Å²) >= 11 is 0. The van der Waals surface area contributed by atoms with Gasteiger partial charge >= 0.3 is 0 Å². The first-order valence-corrected chi connectivity index (χ1v) is 9.45. The maximum atomic E-state index is 13.2. The van der Waals surface area contributed by atoms with Gasteiger partial charge in [-0.2, -0.15) is 0 Å². The molecule has 3 heteroatoms. The standard InChI is InChI=1S/C25H22N2O/c1-17-10-6-7-13-20(17)24-16-22(21-14-8-9-15-23(21)27-24)25(28)26-18(2)19-11-4-3-5-12-19/h3-16,18H,1-2H3,(H,26,28). The van der Waals surface area contributed by atoms with Crippen molar-refractivity contribution in [2.24, 2.45) is 0 Å². The van der Waals surface area contributed by atoms with E-state index >= 15 is 0 Å². The summed E-state index contributed by atoms with van der Waals surface area (Å²) in [6.07, 6.45) is 0.